The van der Waals surface area contributed by atoms with Crippen molar-refractivity contribution in [1.82, 2.24) is 9.88 Å². The summed E-state index contributed by atoms with van der Waals surface area (Å²) in [4.78, 5) is 20.6. The van der Waals surface area contributed by atoms with Crippen molar-refractivity contribution in [2.45, 2.75) is 19.6 Å². The summed E-state index contributed by atoms with van der Waals surface area (Å²) in [5.74, 6) is 0.590. The Kier molecular flexibility index (Phi) is 5.18. The van der Waals surface area contributed by atoms with Crippen molar-refractivity contribution < 1.29 is 9.53 Å². The molecule has 0 spiro atoms. The number of nitrogens with zero attached hydrogens (tertiary/aromatic N) is 2. The van der Waals surface area contributed by atoms with Gasteiger partial charge in [0, 0.05) is 30.0 Å². The minimum Gasteiger partial charge on any atom is -0.489 e. The first kappa shape index (κ1) is 17.7. The van der Waals surface area contributed by atoms with Crippen LogP contribution in [0.15, 0.2) is 54.6 Å². The van der Waals surface area contributed by atoms with E-state index in [1.54, 1.807) is 23.5 Å². The van der Waals surface area contributed by atoms with Gasteiger partial charge in [0.05, 0.1) is 5.69 Å². The summed E-state index contributed by atoms with van der Waals surface area (Å²) >= 11 is 1.56. The van der Waals surface area contributed by atoms with Gasteiger partial charge in [-0.1, -0.05) is 30.3 Å². The molecule has 6 heteroatoms. The van der Waals surface area contributed by atoms with Gasteiger partial charge in [0.25, 0.3) is 5.91 Å². The maximum absolute atomic E-state index is 12.5. The Morgan fingerprint density at radius 1 is 1.19 bits per heavy atom. The molecule has 4 rings (SSSR count). The fourth-order valence-electron chi connectivity index (χ4n) is 2.99. The Labute approximate surface area is 162 Å². The van der Waals surface area contributed by atoms with E-state index >= 15 is 0 Å². The van der Waals surface area contributed by atoms with Gasteiger partial charge in [-0.3, -0.25) is 10.1 Å². The van der Waals surface area contributed by atoms with Crippen LogP contribution in [-0.4, -0.2) is 29.4 Å². The van der Waals surface area contributed by atoms with Crippen LogP contribution in [-0.2, 0) is 19.6 Å². The summed E-state index contributed by atoms with van der Waals surface area (Å²) in [5.41, 5.74) is 2.81. The molecule has 138 valence electrons. The topological polar surface area (TPSA) is 54.5 Å². The van der Waals surface area contributed by atoms with Gasteiger partial charge in [0.15, 0.2) is 5.13 Å². The lowest BCUT2D eigenvalue weighted by molar-refractivity contribution is 0.102. The number of carbonyl (C=O) groups excluding carboxylic acids is 1. The van der Waals surface area contributed by atoms with Crippen molar-refractivity contribution in [3.63, 3.8) is 0 Å². The van der Waals surface area contributed by atoms with Gasteiger partial charge in [0.1, 0.15) is 12.4 Å². The van der Waals surface area contributed by atoms with Crippen molar-refractivity contribution in [1.29, 1.82) is 0 Å². The van der Waals surface area contributed by atoms with Crippen LogP contribution in [0.1, 0.15) is 26.5 Å². The van der Waals surface area contributed by atoms with Crippen molar-refractivity contribution in [3.8, 4) is 5.75 Å². The van der Waals surface area contributed by atoms with Gasteiger partial charge in [-0.05, 0) is 36.9 Å². The molecule has 0 fully saturated rings. The van der Waals surface area contributed by atoms with Crippen molar-refractivity contribution >= 4 is 22.4 Å². The van der Waals surface area contributed by atoms with Crippen LogP contribution in [0.5, 0.6) is 5.75 Å². The molecule has 2 heterocycles. The van der Waals surface area contributed by atoms with Gasteiger partial charge in [0.2, 0.25) is 0 Å². The summed E-state index contributed by atoms with van der Waals surface area (Å²) in [7, 11) is 2.10. The summed E-state index contributed by atoms with van der Waals surface area (Å²) in [6.45, 7) is 2.41. The van der Waals surface area contributed by atoms with Crippen LogP contribution in [0.2, 0.25) is 0 Å². The highest BCUT2D eigenvalue weighted by atomic mass is 32.1. The van der Waals surface area contributed by atoms with E-state index in [1.807, 2.05) is 42.5 Å². The summed E-state index contributed by atoms with van der Waals surface area (Å²) < 4.78 is 5.76. The molecule has 0 bridgehead atoms. The summed E-state index contributed by atoms with van der Waals surface area (Å²) in [6, 6.07) is 17.2. The number of likely N-dealkylation sites (N-methyl/N-ethyl adjacent to an activating group) is 1. The van der Waals surface area contributed by atoms with E-state index in [9.17, 15) is 4.79 Å². The first-order valence-corrected chi connectivity index (χ1v) is 9.74. The zero-order valence-corrected chi connectivity index (χ0v) is 16.0. The molecule has 0 unspecified atom stereocenters. The third-order valence-electron chi connectivity index (χ3n) is 4.51. The molecule has 1 aliphatic heterocycles. The second-order valence-corrected chi connectivity index (χ2v) is 7.71. The highest BCUT2D eigenvalue weighted by molar-refractivity contribution is 7.15. The zero-order chi connectivity index (χ0) is 18.6. The van der Waals surface area contributed by atoms with E-state index in [1.165, 1.54) is 4.88 Å². The number of benzene rings is 2. The minimum absolute atomic E-state index is 0.149. The van der Waals surface area contributed by atoms with Gasteiger partial charge in [-0.15, -0.1) is 11.3 Å². The molecule has 1 aromatic heterocycles. The predicted octanol–water partition coefficient (Wildman–Crippen LogP) is 3.96. The quantitative estimate of drug-likeness (QED) is 0.729. The molecule has 0 saturated carbocycles. The maximum atomic E-state index is 12.5. The fourth-order valence-corrected chi connectivity index (χ4v) is 4.07. The van der Waals surface area contributed by atoms with Crippen molar-refractivity contribution in [2.75, 3.05) is 18.9 Å². The van der Waals surface area contributed by atoms with Gasteiger partial charge >= 0.3 is 0 Å². The Hall–Kier alpha value is -2.70. The largest absolute Gasteiger partial charge is 0.489 e. The van der Waals surface area contributed by atoms with E-state index in [0.29, 0.717) is 17.3 Å². The molecule has 3 aromatic rings. The highest BCUT2D eigenvalue weighted by Gasteiger charge is 2.19. The molecule has 1 aliphatic rings. The zero-order valence-electron chi connectivity index (χ0n) is 15.1. The van der Waals surface area contributed by atoms with Crippen LogP contribution in [0.3, 0.4) is 0 Å². The minimum atomic E-state index is -0.149. The molecule has 1 amide bonds. The number of rotatable bonds is 5. The van der Waals surface area contributed by atoms with E-state index in [4.69, 9.17) is 4.74 Å². The first-order valence-electron chi connectivity index (χ1n) is 8.92. The standard InChI is InChI=1S/C21H21N3O2S/c1-24-12-11-18-19(13-24)27-21(22-18)23-20(25)16-7-9-17(10-8-16)26-14-15-5-3-2-4-6-15/h2-10H,11-14H2,1H3,(H,22,23,25). The second-order valence-electron chi connectivity index (χ2n) is 6.63. The molecular weight excluding hydrogens is 358 g/mol. The number of nitrogens with one attached hydrogen (secondary N) is 1. The molecule has 5 nitrogen and oxygen atoms in total. The number of hydrogen-bond acceptors (Lipinski definition) is 5. The number of aromatic nitrogens is 1. The lowest BCUT2D eigenvalue weighted by Crippen LogP contribution is -2.25. The number of amides is 1. The Bertz CT molecular complexity index is 922. The van der Waals surface area contributed by atoms with Crippen LogP contribution in [0.4, 0.5) is 5.13 Å². The van der Waals surface area contributed by atoms with Crippen molar-refractivity contribution in [3.05, 3.63) is 76.3 Å². The van der Waals surface area contributed by atoms with Crippen LogP contribution >= 0.6 is 11.3 Å². The van der Waals surface area contributed by atoms with Crippen LogP contribution in [0, 0.1) is 0 Å². The number of anilines is 1. The second kappa shape index (κ2) is 7.90. The Morgan fingerprint density at radius 3 is 2.74 bits per heavy atom. The van der Waals surface area contributed by atoms with E-state index in [-0.39, 0.29) is 5.91 Å². The van der Waals surface area contributed by atoms with E-state index in [2.05, 4.69) is 22.2 Å². The number of ether oxygens (including phenoxy) is 1. The predicted molar refractivity (Wildman–Crippen MR) is 107 cm³/mol. The number of fused-ring (bicyclic) bond motifs is 1. The summed E-state index contributed by atoms with van der Waals surface area (Å²) in [5, 5.41) is 3.59. The third kappa shape index (κ3) is 4.35. The van der Waals surface area contributed by atoms with Gasteiger partial charge in [-0.2, -0.15) is 0 Å². The molecular formula is C21H21N3O2S. The monoisotopic (exact) mass is 379 g/mol. The van der Waals surface area contributed by atoms with Crippen molar-refractivity contribution in [2.24, 2.45) is 0 Å². The van der Waals surface area contributed by atoms with E-state index in [0.717, 1.165) is 36.5 Å². The SMILES string of the molecule is CN1CCc2nc(NC(=O)c3ccc(OCc4ccccc4)cc3)sc2C1. The number of hydrogen-bond donors (Lipinski definition) is 1. The lowest BCUT2D eigenvalue weighted by atomic mass is 10.2. The van der Waals surface area contributed by atoms with Gasteiger partial charge < -0.3 is 9.64 Å². The number of carbonyl (C=O) groups is 1. The van der Waals surface area contributed by atoms with Gasteiger partial charge in [-0.25, -0.2) is 4.98 Å². The molecule has 0 radical (unpaired) electrons. The molecule has 27 heavy (non-hydrogen) atoms. The highest BCUT2D eigenvalue weighted by Crippen LogP contribution is 2.28. The fraction of sp³-hybridized carbons (Fsp3) is 0.238. The average molecular weight is 379 g/mol. The number of thiazole rings is 1. The molecule has 2 aromatic carbocycles. The lowest BCUT2D eigenvalue weighted by Gasteiger charge is -2.20. The molecule has 0 atom stereocenters. The average Bonchev–Trinajstić information content (AvgIpc) is 3.09. The first-order chi connectivity index (χ1) is 13.2. The molecule has 1 N–H and O–H groups in total. The smallest absolute Gasteiger partial charge is 0.257 e. The summed E-state index contributed by atoms with van der Waals surface area (Å²) in [6.07, 6.45) is 0.936. The Morgan fingerprint density at radius 2 is 1.96 bits per heavy atom. The normalized spacial score (nSPS) is 13.8. The maximum Gasteiger partial charge on any atom is 0.257 e. The van der Waals surface area contributed by atoms with Crippen LogP contribution in [0.25, 0.3) is 0 Å². The third-order valence-corrected chi connectivity index (χ3v) is 5.51. The molecule has 0 aliphatic carbocycles. The van der Waals surface area contributed by atoms with E-state index < -0.39 is 0 Å². The molecule has 0 saturated heterocycles. The van der Waals surface area contributed by atoms with Crippen LogP contribution < -0.4 is 10.1 Å². The Balaban J connectivity index is 1.36.